The molecule has 1 aliphatic heterocycles. The van der Waals surface area contributed by atoms with Gasteiger partial charge in [-0.05, 0) is 49.4 Å². The molecule has 0 unspecified atom stereocenters. The standard InChI is InChI=1S/C22H30N6O/c1-2-23-22(28-13-11-27(12-14-28)20-5-3-4-9-24-20)26-16-19-8-10-25-21(15-19)29-17-18-6-7-18/h3-5,8-10,15,18H,2,6-7,11-14,16-17H2,1H3,(H,23,26). The predicted octanol–water partition coefficient (Wildman–Crippen LogP) is 2.55. The fourth-order valence-corrected chi connectivity index (χ4v) is 3.40. The van der Waals surface area contributed by atoms with E-state index in [1.165, 1.54) is 12.8 Å². The zero-order chi connectivity index (χ0) is 19.9. The van der Waals surface area contributed by atoms with E-state index >= 15 is 0 Å². The third-order valence-electron chi connectivity index (χ3n) is 5.26. The van der Waals surface area contributed by atoms with E-state index in [2.05, 4.69) is 38.1 Å². The molecule has 7 nitrogen and oxygen atoms in total. The lowest BCUT2D eigenvalue weighted by Gasteiger charge is -2.37. The summed E-state index contributed by atoms with van der Waals surface area (Å²) in [6.45, 7) is 8.09. The second-order valence-corrected chi connectivity index (χ2v) is 7.59. The van der Waals surface area contributed by atoms with E-state index < -0.39 is 0 Å². The van der Waals surface area contributed by atoms with Crippen molar-refractivity contribution < 1.29 is 4.74 Å². The van der Waals surface area contributed by atoms with Crippen LogP contribution in [0.1, 0.15) is 25.3 Å². The summed E-state index contributed by atoms with van der Waals surface area (Å²) in [7, 11) is 0. The van der Waals surface area contributed by atoms with Crippen molar-refractivity contribution in [2.45, 2.75) is 26.3 Å². The lowest BCUT2D eigenvalue weighted by atomic mass is 10.2. The summed E-state index contributed by atoms with van der Waals surface area (Å²) in [5, 5.41) is 3.44. The molecule has 1 saturated carbocycles. The van der Waals surface area contributed by atoms with Crippen LogP contribution in [0.15, 0.2) is 47.7 Å². The van der Waals surface area contributed by atoms with Crippen LogP contribution < -0.4 is 15.0 Å². The van der Waals surface area contributed by atoms with Crippen molar-refractivity contribution in [2.24, 2.45) is 10.9 Å². The van der Waals surface area contributed by atoms with Crippen LogP contribution in [-0.4, -0.2) is 60.2 Å². The van der Waals surface area contributed by atoms with Crippen molar-refractivity contribution in [3.63, 3.8) is 0 Å². The van der Waals surface area contributed by atoms with E-state index in [0.717, 1.165) is 62.6 Å². The fourth-order valence-electron chi connectivity index (χ4n) is 3.40. The van der Waals surface area contributed by atoms with Gasteiger partial charge in [-0.25, -0.2) is 15.0 Å². The Balaban J connectivity index is 1.35. The Morgan fingerprint density at radius 2 is 2.00 bits per heavy atom. The summed E-state index contributed by atoms with van der Waals surface area (Å²) in [4.78, 5) is 18.3. The van der Waals surface area contributed by atoms with Crippen molar-refractivity contribution in [1.82, 2.24) is 20.2 Å². The summed E-state index contributed by atoms with van der Waals surface area (Å²) < 4.78 is 5.80. The van der Waals surface area contributed by atoms with Crippen LogP contribution in [0.5, 0.6) is 5.88 Å². The number of guanidine groups is 1. The minimum atomic E-state index is 0.616. The van der Waals surface area contributed by atoms with Gasteiger partial charge in [-0.3, -0.25) is 0 Å². The summed E-state index contributed by atoms with van der Waals surface area (Å²) in [6.07, 6.45) is 6.23. The molecule has 0 bridgehead atoms. The van der Waals surface area contributed by atoms with Crippen molar-refractivity contribution in [2.75, 3.05) is 44.2 Å². The molecule has 4 rings (SSSR count). The minimum absolute atomic E-state index is 0.616. The Labute approximate surface area is 172 Å². The number of aromatic nitrogens is 2. The van der Waals surface area contributed by atoms with Crippen molar-refractivity contribution >= 4 is 11.8 Å². The topological polar surface area (TPSA) is 65.9 Å². The molecule has 29 heavy (non-hydrogen) atoms. The number of piperazine rings is 1. The number of hydrogen-bond donors (Lipinski definition) is 1. The van der Waals surface area contributed by atoms with E-state index in [1.54, 1.807) is 0 Å². The highest BCUT2D eigenvalue weighted by Crippen LogP contribution is 2.29. The molecule has 2 aliphatic rings. The number of hydrogen-bond acceptors (Lipinski definition) is 5. The van der Waals surface area contributed by atoms with Gasteiger partial charge in [-0.15, -0.1) is 0 Å². The molecule has 0 atom stereocenters. The van der Waals surface area contributed by atoms with Crippen LogP contribution in [-0.2, 0) is 6.54 Å². The van der Waals surface area contributed by atoms with Crippen LogP contribution in [0.25, 0.3) is 0 Å². The van der Waals surface area contributed by atoms with E-state index in [0.29, 0.717) is 12.4 Å². The summed E-state index contributed by atoms with van der Waals surface area (Å²) >= 11 is 0. The van der Waals surface area contributed by atoms with Gasteiger partial charge in [0.05, 0.1) is 13.2 Å². The second kappa shape index (κ2) is 9.58. The maximum absolute atomic E-state index is 5.80. The molecule has 0 radical (unpaired) electrons. The molecule has 7 heteroatoms. The van der Waals surface area contributed by atoms with Gasteiger partial charge in [0, 0.05) is 51.2 Å². The third-order valence-corrected chi connectivity index (χ3v) is 5.26. The summed E-state index contributed by atoms with van der Waals surface area (Å²) in [6, 6.07) is 10.1. The summed E-state index contributed by atoms with van der Waals surface area (Å²) in [5.74, 6) is 3.44. The van der Waals surface area contributed by atoms with Crippen molar-refractivity contribution in [3.8, 4) is 5.88 Å². The summed E-state index contributed by atoms with van der Waals surface area (Å²) in [5.41, 5.74) is 1.12. The zero-order valence-corrected chi connectivity index (χ0v) is 17.1. The molecule has 0 aromatic carbocycles. The SMILES string of the molecule is CCNC(=NCc1ccnc(OCC2CC2)c1)N1CCN(c2ccccn2)CC1. The molecule has 2 fully saturated rings. The number of pyridine rings is 2. The maximum Gasteiger partial charge on any atom is 0.213 e. The quantitative estimate of drug-likeness (QED) is 0.575. The van der Waals surface area contributed by atoms with Gasteiger partial charge in [0.25, 0.3) is 0 Å². The number of ether oxygens (including phenoxy) is 1. The van der Waals surface area contributed by atoms with E-state index in [4.69, 9.17) is 9.73 Å². The number of aliphatic imine (C=N–C) groups is 1. The van der Waals surface area contributed by atoms with Crippen LogP contribution in [0.4, 0.5) is 5.82 Å². The smallest absolute Gasteiger partial charge is 0.213 e. The Morgan fingerprint density at radius 1 is 1.14 bits per heavy atom. The molecule has 1 aliphatic carbocycles. The van der Waals surface area contributed by atoms with E-state index in [-0.39, 0.29) is 0 Å². The molecule has 3 heterocycles. The molecule has 2 aromatic rings. The highest BCUT2D eigenvalue weighted by atomic mass is 16.5. The number of nitrogens with one attached hydrogen (secondary N) is 1. The monoisotopic (exact) mass is 394 g/mol. The molecular weight excluding hydrogens is 364 g/mol. The molecule has 0 spiro atoms. The van der Waals surface area contributed by atoms with Crippen LogP contribution in [0.2, 0.25) is 0 Å². The van der Waals surface area contributed by atoms with Crippen LogP contribution >= 0.6 is 0 Å². The average molecular weight is 395 g/mol. The van der Waals surface area contributed by atoms with E-state index in [9.17, 15) is 0 Å². The molecular formula is C22H30N6O. The first-order valence-corrected chi connectivity index (χ1v) is 10.6. The minimum Gasteiger partial charge on any atom is -0.477 e. The van der Waals surface area contributed by atoms with Gasteiger partial charge in [0.15, 0.2) is 5.96 Å². The number of nitrogens with zero attached hydrogens (tertiary/aromatic N) is 5. The second-order valence-electron chi connectivity index (χ2n) is 7.59. The first-order chi connectivity index (χ1) is 14.3. The van der Waals surface area contributed by atoms with Gasteiger partial charge < -0.3 is 19.9 Å². The lowest BCUT2D eigenvalue weighted by Crippen LogP contribution is -2.52. The number of rotatable bonds is 7. The molecule has 0 amide bonds. The van der Waals surface area contributed by atoms with Gasteiger partial charge in [0.1, 0.15) is 5.82 Å². The normalized spacial score (nSPS) is 17.3. The third kappa shape index (κ3) is 5.59. The van der Waals surface area contributed by atoms with E-state index in [1.807, 2.05) is 36.7 Å². The largest absolute Gasteiger partial charge is 0.477 e. The molecule has 2 aromatic heterocycles. The maximum atomic E-state index is 5.80. The first kappa shape index (κ1) is 19.5. The lowest BCUT2D eigenvalue weighted by molar-refractivity contribution is 0.288. The Hall–Kier alpha value is -2.83. The highest BCUT2D eigenvalue weighted by molar-refractivity contribution is 5.80. The van der Waals surface area contributed by atoms with Gasteiger partial charge in [0.2, 0.25) is 5.88 Å². The number of anilines is 1. The Kier molecular flexibility index (Phi) is 6.44. The zero-order valence-electron chi connectivity index (χ0n) is 17.1. The Bertz CT molecular complexity index is 800. The molecule has 1 saturated heterocycles. The van der Waals surface area contributed by atoms with Gasteiger partial charge >= 0.3 is 0 Å². The fraction of sp³-hybridized carbons (Fsp3) is 0.500. The van der Waals surface area contributed by atoms with Crippen molar-refractivity contribution in [1.29, 1.82) is 0 Å². The average Bonchev–Trinajstić information content (AvgIpc) is 3.61. The Morgan fingerprint density at radius 3 is 2.72 bits per heavy atom. The van der Waals surface area contributed by atoms with Crippen LogP contribution in [0, 0.1) is 5.92 Å². The molecule has 154 valence electrons. The predicted molar refractivity (Wildman–Crippen MR) is 115 cm³/mol. The van der Waals surface area contributed by atoms with Gasteiger partial charge in [-0.2, -0.15) is 0 Å². The molecule has 1 N–H and O–H groups in total. The van der Waals surface area contributed by atoms with Crippen molar-refractivity contribution in [3.05, 3.63) is 48.3 Å². The van der Waals surface area contributed by atoms with Crippen LogP contribution in [0.3, 0.4) is 0 Å². The highest BCUT2D eigenvalue weighted by Gasteiger charge is 2.22. The first-order valence-electron chi connectivity index (χ1n) is 10.6. The van der Waals surface area contributed by atoms with Gasteiger partial charge in [-0.1, -0.05) is 6.07 Å².